The highest BCUT2D eigenvalue weighted by molar-refractivity contribution is 5.83. The van der Waals surface area contributed by atoms with Crippen molar-refractivity contribution in [3.63, 3.8) is 0 Å². The highest BCUT2D eigenvalue weighted by Gasteiger charge is 2.43. The molecule has 0 radical (unpaired) electrons. The molecule has 2 aliphatic rings. The summed E-state index contributed by atoms with van der Waals surface area (Å²) in [6, 6.07) is -0.472. The number of nitrogens with zero attached hydrogens (tertiary/aromatic N) is 2. The van der Waals surface area contributed by atoms with Crippen molar-refractivity contribution in [2.24, 2.45) is 5.41 Å². The first kappa shape index (κ1) is 16.2. The Balaban J connectivity index is 1.95. The molecule has 21 heavy (non-hydrogen) atoms. The van der Waals surface area contributed by atoms with Crippen LogP contribution in [0.15, 0.2) is 0 Å². The molecule has 2 fully saturated rings. The van der Waals surface area contributed by atoms with Gasteiger partial charge in [0.1, 0.15) is 6.04 Å². The molecule has 0 spiro atoms. The van der Waals surface area contributed by atoms with Gasteiger partial charge >= 0.3 is 5.97 Å². The summed E-state index contributed by atoms with van der Waals surface area (Å²) in [6.45, 7) is 8.11. The maximum atomic E-state index is 12.9. The number of aliphatic carboxylic acids is 1. The van der Waals surface area contributed by atoms with Crippen molar-refractivity contribution in [1.82, 2.24) is 15.1 Å². The molecule has 0 aromatic heterocycles. The van der Waals surface area contributed by atoms with Crippen LogP contribution in [0.25, 0.3) is 0 Å². The molecule has 0 aromatic carbocycles. The van der Waals surface area contributed by atoms with E-state index in [0.717, 1.165) is 32.4 Å². The molecule has 1 amide bonds. The molecule has 2 unspecified atom stereocenters. The molecule has 0 saturated carbocycles. The molecule has 0 aromatic rings. The number of hydrogen-bond donors (Lipinski definition) is 2. The van der Waals surface area contributed by atoms with Gasteiger partial charge in [-0.3, -0.25) is 14.5 Å². The zero-order chi connectivity index (χ0) is 15.5. The van der Waals surface area contributed by atoms with Gasteiger partial charge in [0.05, 0.1) is 5.41 Å². The standard InChI is InChI=1S/C15H27N3O3/c1-3-4-15(5-6-16-11-15)14(21)18-9-7-17(8-10-18)12(2)13(19)20/h12,16H,3-11H2,1-2H3,(H,19,20). The van der Waals surface area contributed by atoms with E-state index in [1.807, 2.05) is 9.80 Å². The number of rotatable bonds is 5. The Hall–Kier alpha value is -1.14. The van der Waals surface area contributed by atoms with Crippen LogP contribution in [0.5, 0.6) is 0 Å². The fourth-order valence-corrected chi connectivity index (χ4v) is 3.53. The number of hydrogen-bond acceptors (Lipinski definition) is 4. The van der Waals surface area contributed by atoms with Gasteiger partial charge in [0.15, 0.2) is 0 Å². The van der Waals surface area contributed by atoms with Crippen LogP contribution in [-0.2, 0) is 9.59 Å². The predicted octanol–water partition coefficient (Wildman–Crippen LogP) is 0.384. The molecule has 6 heteroatoms. The minimum absolute atomic E-state index is 0.227. The molecule has 2 heterocycles. The third-order valence-electron chi connectivity index (χ3n) is 4.93. The van der Waals surface area contributed by atoms with E-state index in [-0.39, 0.29) is 11.3 Å². The van der Waals surface area contributed by atoms with Crippen LogP contribution in [0.4, 0.5) is 0 Å². The summed E-state index contributed by atoms with van der Waals surface area (Å²) in [5, 5.41) is 12.4. The second-order valence-electron chi connectivity index (χ2n) is 6.30. The average molecular weight is 297 g/mol. The van der Waals surface area contributed by atoms with Crippen LogP contribution < -0.4 is 5.32 Å². The van der Waals surface area contributed by atoms with E-state index < -0.39 is 12.0 Å². The molecule has 6 nitrogen and oxygen atoms in total. The molecule has 0 bridgehead atoms. The van der Waals surface area contributed by atoms with Gasteiger partial charge < -0.3 is 15.3 Å². The van der Waals surface area contributed by atoms with E-state index in [9.17, 15) is 9.59 Å². The summed E-state index contributed by atoms with van der Waals surface area (Å²) in [6.07, 6.45) is 2.87. The first-order valence-electron chi connectivity index (χ1n) is 7.97. The second-order valence-corrected chi connectivity index (χ2v) is 6.30. The third-order valence-corrected chi connectivity index (χ3v) is 4.93. The van der Waals surface area contributed by atoms with Gasteiger partial charge in [-0.25, -0.2) is 0 Å². The number of amides is 1. The van der Waals surface area contributed by atoms with E-state index in [4.69, 9.17) is 5.11 Å². The lowest BCUT2D eigenvalue weighted by atomic mass is 9.81. The van der Waals surface area contributed by atoms with E-state index in [1.165, 1.54) is 0 Å². The number of carbonyl (C=O) groups excluding carboxylic acids is 1. The Kier molecular flexibility index (Phi) is 5.22. The third kappa shape index (κ3) is 3.37. The largest absolute Gasteiger partial charge is 0.480 e. The molecule has 120 valence electrons. The van der Waals surface area contributed by atoms with Gasteiger partial charge in [0.25, 0.3) is 0 Å². The molecular formula is C15H27N3O3. The number of carbonyl (C=O) groups is 2. The Labute approximate surface area is 126 Å². The van der Waals surface area contributed by atoms with E-state index in [0.29, 0.717) is 26.2 Å². The Morgan fingerprint density at radius 1 is 1.29 bits per heavy atom. The van der Waals surface area contributed by atoms with Gasteiger partial charge in [0.2, 0.25) is 5.91 Å². The quantitative estimate of drug-likeness (QED) is 0.768. The zero-order valence-electron chi connectivity index (χ0n) is 13.1. The number of carboxylic acid groups (broad SMARTS) is 1. The number of piperazine rings is 1. The molecule has 2 N–H and O–H groups in total. The number of nitrogens with one attached hydrogen (secondary N) is 1. The first-order valence-corrected chi connectivity index (χ1v) is 7.97. The maximum absolute atomic E-state index is 12.9. The van der Waals surface area contributed by atoms with Crippen LogP contribution in [0, 0.1) is 5.41 Å². The summed E-state index contributed by atoms with van der Waals surface area (Å²) in [7, 11) is 0. The van der Waals surface area contributed by atoms with Crippen LogP contribution in [-0.4, -0.2) is 72.1 Å². The summed E-state index contributed by atoms with van der Waals surface area (Å²) < 4.78 is 0. The van der Waals surface area contributed by atoms with Crippen molar-refractivity contribution in [3.8, 4) is 0 Å². The van der Waals surface area contributed by atoms with Crippen molar-refractivity contribution in [1.29, 1.82) is 0 Å². The molecule has 2 aliphatic heterocycles. The van der Waals surface area contributed by atoms with Crippen molar-refractivity contribution < 1.29 is 14.7 Å². The number of carboxylic acids is 1. The van der Waals surface area contributed by atoms with Gasteiger partial charge in [0, 0.05) is 32.7 Å². The normalized spacial score (nSPS) is 28.6. The van der Waals surface area contributed by atoms with Crippen LogP contribution in [0.3, 0.4) is 0 Å². The maximum Gasteiger partial charge on any atom is 0.320 e. The summed E-state index contributed by atoms with van der Waals surface area (Å²) in [5.41, 5.74) is -0.227. The Morgan fingerprint density at radius 2 is 1.95 bits per heavy atom. The average Bonchev–Trinajstić information content (AvgIpc) is 2.96. The molecule has 2 rings (SSSR count). The minimum atomic E-state index is -0.794. The molecular weight excluding hydrogens is 270 g/mol. The lowest BCUT2D eigenvalue weighted by Crippen LogP contribution is -2.56. The van der Waals surface area contributed by atoms with Gasteiger partial charge in [-0.15, -0.1) is 0 Å². The highest BCUT2D eigenvalue weighted by Crippen LogP contribution is 2.33. The van der Waals surface area contributed by atoms with E-state index >= 15 is 0 Å². The summed E-state index contributed by atoms with van der Waals surface area (Å²) >= 11 is 0. The van der Waals surface area contributed by atoms with Gasteiger partial charge in [-0.05, 0) is 26.3 Å². The second kappa shape index (κ2) is 6.75. The van der Waals surface area contributed by atoms with Crippen molar-refractivity contribution >= 4 is 11.9 Å². The molecule has 2 atom stereocenters. The molecule has 0 aliphatic carbocycles. The van der Waals surface area contributed by atoms with Crippen LogP contribution >= 0.6 is 0 Å². The van der Waals surface area contributed by atoms with E-state index in [1.54, 1.807) is 6.92 Å². The summed E-state index contributed by atoms with van der Waals surface area (Å²) in [4.78, 5) is 27.8. The van der Waals surface area contributed by atoms with Crippen molar-refractivity contribution in [2.45, 2.75) is 39.2 Å². The van der Waals surface area contributed by atoms with Gasteiger partial charge in [-0.1, -0.05) is 13.3 Å². The zero-order valence-corrected chi connectivity index (χ0v) is 13.1. The topological polar surface area (TPSA) is 72.9 Å². The van der Waals surface area contributed by atoms with Gasteiger partial charge in [-0.2, -0.15) is 0 Å². The minimum Gasteiger partial charge on any atom is -0.480 e. The fraction of sp³-hybridized carbons (Fsp3) is 0.867. The van der Waals surface area contributed by atoms with Crippen LogP contribution in [0.2, 0.25) is 0 Å². The Morgan fingerprint density at radius 3 is 2.43 bits per heavy atom. The predicted molar refractivity (Wildman–Crippen MR) is 80.1 cm³/mol. The summed E-state index contributed by atoms with van der Waals surface area (Å²) in [5.74, 6) is -0.533. The SMILES string of the molecule is CCCC1(C(=O)N2CCN(C(C)C(=O)O)CC2)CCNC1. The van der Waals surface area contributed by atoms with Crippen LogP contribution in [0.1, 0.15) is 33.1 Å². The monoisotopic (exact) mass is 297 g/mol. The van der Waals surface area contributed by atoms with Crippen molar-refractivity contribution in [2.75, 3.05) is 39.3 Å². The first-order chi connectivity index (χ1) is 10.00. The van der Waals surface area contributed by atoms with Crippen molar-refractivity contribution in [3.05, 3.63) is 0 Å². The smallest absolute Gasteiger partial charge is 0.320 e. The molecule has 2 saturated heterocycles. The Bertz CT molecular complexity index is 386. The lowest BCUT2D eigenvalue weighted by molar-refractivity contribution is -0.146. The highest BCUT2D eigenvalue weighted by atomic mass is 16.4. The fourth-order valence-electron chi connectivity index (χ4n) is 3.53. The van der Waals surface area contributed by atoms with E-state index in [2.05, 4.69) is 12.2 Å². The lowest BCUT2D eigenvalue weighted by Gasteiger charge is -2.40.